The Bertz CT molecular complexity index is 355. The molecule has 0 aromatic carbocycles. The number of carbonyl (C=O) groups excluding carboxylic acids is 2. The highest BCUT2D eigenvalue weighted by Crippen LogP contribution is 2.27. The smallest absolute Gasteiger partial charge is 0.286 e. The number of carbonyl (C=O) groups is 2. The van der Waals surface area contributed by atoms with Crippen LogP contribution in [0.1, 0.15) is 10.9 Å². The van der Waals surface area contributed by atoms with Crippen molar-refractivity contribution in [2.75, 3.05) is 0 Å². The van der Waals surface area contributed by atoms with Crippen molar-refractivity contribution in [1.82, 2.24) is 0 Å². The summed E-state index contributed by atoms with van der Waals surface area (Å²) in [4.78, 5) is 22.5. The number of amides is 1. The highest BCUT2D eigenvalue weighted by atomic mass is 32.1. The summed E-state index contributed by atoms with van der Waals surface area (Å²) < 4.78 is 0. The number of ketones is 1. The molecule has 0 aliphatic carbocycles. The first-order chi connectivity index (χ1) is 5.79. The number of Topliss-reactive ketones (excluding diaryl/α,β-unsaturated/α-hetero) is 1. The van der Waals surface area contributed by atoms with Crippen LogP contribution in [0.4, 0.5) is 0 Å². The zero-order chi connectivity index (χ0) is 8.55. The number of hydrogen-bond acceptors (Lipinski definition) is 4. The Morgan fingerprint density at radius 2 is 2.25 bits per heavy atom. The van der Waals surface area contributed by atoms with E-state index in [0.29, 0.717) is 0 Å². The predicted molar refractivity (Wildman–Crippen MR) is 41.9 cm³/mol. The molecule has 1 aliphatic rings. The minimum atomic E-state index is -0.742. The van der Waals surface area contributed by atoms with E-state index in [0.717, 1.165) is 4.88 Å². The van der Waals surface area contributed by atoms with Crippen molar-refractivity contribution in [2.24, 2.45) is 10.2 Å². The van der Waals surface area contributed by atoms with E-state index in [2.05, 4.69) is 10.2 Å². The number of hydrogen-bond donors (Lipinski definition) is 0. The van der Waals surface area contributed by atoms with E-state index in [-0.39, 0.29) is 0 Å². The molecule has 0 saturated carbocycles. The topological polar surface area (TPSA) is 58.9 Å². The van der Waals surface area contributed by atoms with Gasteiger partial charge in [-0.1, -0.05) is 6.07 Å². The third kappa shape index (κ3) is 0.984. The van der Waals surface area contributed by atoms with E-state index in [1.165, 1.54) is 11.3 Å². The van der Waals surface area contributed by atoms with Crippen molar-refractivity contribution >= 4 is 23.0 Å². The average molecular weight is 180 g/mol. The minimum Gasteiger partial charge on any atom is -0.286 e. The van der Waals surface area contributed by atoms with Crippen molar-refractivity contribution in [3.63, 3.8) is 0 Å². The summed E-state index contributed by atoms with van der Waals surface area (Å²) in [5, 5.41) is 8.61. The van der Waals surface area contributed by atoms with Gasteiger partial charge in [0.2, 0.25) is 0 Å². The predicted octanol–water partition coefficient (Wildman–Crippen LogP) is 1.35. The minimum absolute atomic E-state index is 0.530. The second-order valence-electron chi connectivity index (χ2n) is 2.30. The van der Waals surface area contributed by atoms with Gasteiger partial charge < -0.3 is 0 Å². The van der Waals surface area contributed by atoms with Crippen LogP contribution in [0.5, 0.6) is 0 Å². The van der Waals surface area contributed by atoms with Gasteiger partial charge in [-0.05, 0) is 11.4 Å². The molecule has 0 saturated heterocycles. The molecular formula is C7H4N2O2S. The van der Waals surface area contributed by atoms with Gasteiger partial charge in [0.15, 0.2) is 6.04 Å². The Morgan fingerprint density at radius 3 is 2.75 bits per heavy atom. The van der Waals surface area contributed by atoms with Crippen molar-refractivity contribution < 1.29 is 9.59 Å². The second-order valence-corrected chi connectivity index (χ2v) is 3.28. The molecule has 60 valence electrons. The van der Waals surface area contributed by atoms with Crippen molar-refractivity contribution in [1.29, 1.82) is 0 Å². The quantitative estimate of drug-likeness (QED) is 0.612. The van der Waals surface area contributed by atoms with Gasteiger partial charge in [-0.15, -0.1) is 16.5 Å². The van der Waals surface area contributed by atoms with Crippen LogP contribution >= 0.6 is 11.3 Å². The van der Waals surface area contributed by atoms with Gasteiger partial charge in [-0.3, -0.25) is 9.59 Å². The molecule has 5 heteroatoms. The molecule has 0 bridgehead atoms. The zero-order valence-electron chi connectivity index (χ0n) is 5.93. The summed E-state index contributed by atoms with van der Waals surface area (Å²) >= 11 is 1.40. The zero-order valence-corrected chi connectivity index (χ0v) is 6.75. The fourth-order valence-corrected chi connectivity index (χ4v) is 1.72. The molecule has 0 spiro atoms. The summed E-state index contributed by atoms with van der Waals surface area (Å²) in [7, 11) is 0. The maximum absolute atomic E-state index is 11.1. The van der Waals surface area contributed by atoms with Crippen LogP contribution < -0.4 is 0 Å². The van der Waals surface area contributed by atoms with Gasteiger partial charge in [0.05, 0.1) is 0 Å². The van der Waals surface area contributed by atoms with Gasteiger partial charge in [0.1, 0.15) is 0 Å². The van der Waals surface area contributed by atoms with Crippen LogP contribution in [0.15, 0.2) is 27.7 Å². The molecule has 2 rings (SSSR count). The van der Waals surface area contributed by atoms with E-state index in [1.807, 2.05) is 11.4 Å². The summed E-state index contributed by atoms with van der Waals surface area (Å²) in [6, 6.07) is 2.91. The van der Waals surface area contributed by atoms with Crippen molar-refractivity contribution in [2.45, 2.75) is 6.04 Å². The van der Waals surface area contributed by atoms with Gasteiger partial charge in [0.25, 0.3) is 5.78 Å². The van der Waals surface area contributed by atoms with Crippen LogP contribution in [0.3, 0.4) is 0 Å². The average Bonchev–Trinajstić information content (AvgIpc) is 2.64. The lowest BCUT2D eigenvalue weighted by atomic mass is 10.2. The molecule has 1 atom stereocenters. The van der Waals surface area contributed by atoms with Crippen molar-refractivity contribution in [3.8, 4) is 0 Å². The summed E-state index contributed by atoms with van der Waals surface area (Å²) in [5.74, 6) is -1.27. The second kappa shape index (κ2) is 2.60. The highest BCUT2D eigenvalue weighted by Gasteiger charge is 2.32. The third-order valence-electron chi connectivity index (χ3n) is 1.54. The molecule has 1 aliphatic heterocycles. The van der Waals surface area contributed by atoms with Gasteiger partial charge in [0, 0.05) is 4.88 Å². The van der Waals surface area contributed by atoms with Crippen LogP contribution in [0, 0.1) is 0 Å². The molecule has 2 heterocycles. The lowest BCUT2D eigenvalue weighted by Gasteiger charge is -1.95. The largest absolute Gasteiger partial charge is 0.333 e. The molecule has 0 radical (unpaired) electrons. The first-order valence-electron chi connectivity index (χ1n) is 3.31. The molecule has 1 aromatic heterocycles. The molecule has 1 aromatic rings. The van der Waals surface area contributed by atoms with Crippen LogP contribution in [0.2, 0.25) is 0 Å². The first kappa shape index (κ1) is 7.30. The van der Waals surface area contributed by atoms with E-state index >= 15 is 0 Å². The molecule has 0 N–H and O–H groups in total. The fraction of sp³-hybridized carbons (Fsp3) is 0.143. The summed E-state index contributed by atoms with van der Waals surface area (Å²) in [5.41, 5.74) is 0. The van der Waals surface area contributed by atoms with E-state index < -0.39 is 17.7 Å². The van der Waals surface area contributed by atoms with E-state index in [1.54, 1.807) is 6.07 Å². The van der Waals surface area contributed by atoms with Crippen LogP contribution in [0.25, 0.3) is 0 Å². The van der Waals surface area contributed by atoms with Crippen LogP contribution in [-0.4, -0.2) is 11.7 Å². The molecule has 1 amide bonds. The molecule has 4 nitrogen and oxygen atoms in total. The lowest BCUT2D eigenvalue weighted by molar-refractivity contribution is -0.135. The van der Waals surface area contributed by atoms with Crippen LogP contribution in [-0.2, 0) is 9.59 Å². The number of thiophene rings is 1. The Hall–Kier alpha value is -1.36. The number of azo groups is 1. The fourth-order valence-electron chi connectivity index (χ4n) is 0.962. The van der Waals surface area contributed by atoms with Gasteiger partial charge >= 0.3 is 5.91 Å². The summed E-state index contributed by atoms with van der Waals surface area (Å²) in [6.45, 7) is 0. The molecule has 1 unspecified atom stereocenters. The molecule has 12 heavy (non-hydrogen) atoms. The van der Waals surface area contributed by atoms with Crippen molar-refractivity contribution in [3.05, 3.63) is 22.4 Å². The SMILES string of the molecule is O=C1N=NC(c2cccs2)C1=O. The Balaban J connectivity index is 2.34. The molecule has 0 fully saturated rings. The monoisotopic (exact) mass is 180 g/mol. The summed E-state index contributed by atoms with van der Waals surface area (Å²) in [6.07, 6.45) is 0. The maximum atomic E-state index is 11.1. The normalized spacial score (nSPS) is 22.2. The van der Waals surface area contributed by atoms with Gasteiger partial charge in [-0.2, -0.15) is 5.11 Å². The standard InChI is InChI=1S/C7H4N2O2S/c10-6-5(8-9-7(6)11)4-2-1-3-12-4/h1-3,5H. The Labute approximate surface area is 71.9 Å². The number of nitrogens with zero attached hydrogens (tertiary/aromatic N) is 2. The third-order valence-corrected chi connectivity index (χ3v) is 2.46. The highest BCUT2D eigenvalue weighted by molar-refractivity contribution is 7.10. The first-order valence-corrected chi connectivity index (χ1v) is 4.19. The van der Waals surface area contributed by atoms with E-state index in [9.17, 15) is 9.59 Å². The Kier molecular flexibility index (Phi) is 1.58. The van der Waals surface area contributed by atoms with Gasteiger partial charge in [-0.25, -0.2) is 0 Å². The lowest BCUT2D eigenvalue weighted by Crippen LogP contribution is -2.11. The maximum Gasteiger partial charge on any atom is 0.333 e. The Morgan fingerprint density at radius 1 is 1.42 bits per heavy atom. The molecular weight excluding hydrogens is 176 g/mol. The number of rotatable bonds is 1. The van der Waals surface area contributed by atoms with E-state index in [4.69, 9.17) is 0 Å².